The van der Waals surface area contributed by atoms with Crippen molar-refractivity contribution in [3.8, 4) is 5.75 Å². The van der Waals surface area contributed by atoms with Gasteiger partial charge >= 0.3 is 5.97 Å². The maximum absolute atomic E-state index is 14.1. The molecule has 0 saturated carbocycles. The molecule has 4 rings (SSSR count). The first-order chi connectivity index (χ1) is 17.1. The van der Waals surface area contributed by atoms with Crippen molar-refractivity contribution in [2.24, 2.45) is 23.7 Å². The average molecular weight is 503 g/mol. The second-order valence-electron chi connectivity index (χ2n) is 10.6. The highest BCUT2D eigenvalue weighted by molar-refractivity contribution is 6.03. The molecule has 1 spiro atoms. The molecule has 36 heavy (non-hydrogen) atoms. The molecule has 8 atom stereocenters. The minimum absolute atomic E-state index is 0.0725. The topological polar surface area (TPSA) is 114 Å². The van der Waals surface area contributed by atoms with Crippen molar-refractivity contribution < 1.29 is 33.7 Å². The molecule has 3 heterocycles. The summed E-state index contributed by atoms with van der Waals surface area (Å²) in [6.07, 6.45) is 1.15. The number of nitrogens with one attached hydrogen (secondary N) is 1. The number of hydrogen-bond donors (Lipinski definition) is 2. The Morgan fingerprint density at radius 3 is 2.50 bits per heavy atom. The van der Waals surface area contributed by atoms with E-state index in [1.165, 1.54) is 4.90 Å². The van der Waals surface area contributed by atoms with E-state index < -0.39 is 47.0 Å². The molecule has 2 bridgehead atoms. The minimum Gasteiger partial charge on any atom is -0.497 e. The number of fused-ring (bicyclic) bond motifs is 1. The number of nitrogens with zero attached hydrogens (tertiary/aromatic N) is 1. The number of benzene rings is 1. The molecular weight excluding hydrogens is 464 g/mol. The summed E-state index contributed by atoms with van der Waals surface area (Å²) in [7, 11) is 1.56. The van der Waals surface area contributed by atoms with Gasteiger partial charge in [-0.3, -0.25) is 14.4 Å². The molecule has 198 valence electrons. The van der Waals surface area contributed by atoms with E-state index in [1.54, 1.807) is 38.3 Å². The summed E-state index contributed by atoms with van der Waals surface area (Å²) < 4.78 is 17.3. The summed E-state index contributed by atoms with van der Waals surface area (Å²) in [5.41, 5.74) is -1.58. The van der Waals surface area contributed by atoms with Gasteiger partial charge in [-0.1, -0.05) is 27.2 Å². The number of likely N-dealkylation sites (tertiary alicyclic amines) is 1. The SMILES string of the molecule is CCOC(=O)[C@H]1[C@H]2C(=O)N([C@@H](CO)[C@@H](C)CC)C(C(=O)Nc3ccc(OC)cc3)C23CC(C)[C@]1(C)O3. The first-order valence-corrected chi connectivity index (χ1v) is 12.8. The molecule has 3 aliphatic rings. The number of hydrogen-bond acceptors (Lipinski definition) is 7. The van der Waals surface area contributed by atoms with E-state index in [1.807, 2.05) is 27.7 Å². The second kappa shape index (κ2) is 9.67. The van der Waals surface area contributed by atoms with Crippen LogP contribution in [-0.4, -0.2) is 71.4 Å². The number of methoxy groups -OCH3 is 1. The van der Waals surface area contributed by atoms with E-state index in [0.29, 0.717) is 24.3 Å². The van der Waals surface area contributed by atoms with Gasteiger partial charge in [0.1, 0.15) is 23.3 Å². The summed E-state index contributed by atoms with van der Waals surface area (Å²) in [5.74, 6) is -2.41. The van der Waals surface area contributed by atoms with E-state index >= 15 is 0 Å². The van der Waals surface area contributed by atoms with Crippen LogP contribution in [0.15, 0.2) is 24.3 Å². The Morgan fingerprint density at radius 2 is 1.94 bits per heavy atom. The molecule has 0 aromatic heterocycles. The third-order valence-electron chi connectivity index (χ3n) is 8.74. The van der Waals surface area contributed by atoms with Crippen LogP contribution in [0.1, 0.15) is 47.5 Å². The first-order valence-electron chi connectivity index (χ1n) is 12.8. The number of carbonyl (C=O) groups excluding carboxylic acids is 3. The van der Waals surface area contributed by atoms with Gasteiger partial charge in [-0.05, 0) is 56.4 Å². The molecule has 3 aliphatic heterocycles. The zero-order valence-corrected chi connectivity index (χ0v) is 21.9. The van der Waals surface area contributed by atoms with Crippen molar-refractivity contribution >= 4 is 23.5 Å². The Bertz CT molecular complexity index is 1010. The molecule has 0 aliphatic carbocycles. The van der Waals surface area contributed by atoms with Crippen LogP contribution in [0.2, 0.25) is 0 Å². The smallest absolute Gasteiger partial charge is 0.312 e. The second-order valence-corrected chi connectivity index (χ2v) is 10.6. The highest BCUT2D eigenvalue weighted by atomic mass is 16.6. The molecule has 2 amide bonds. The Balaban J connectivity index is 1.80. The quantitative estimate of drug-likeness (QED) is 0.499. The monoisotopic (exact) mass is 502 g/mol. The third-order valence-corrected chi connectivity index (χ3v) is 8.74. The normalized spacial score (nSPS) is 34.3. The standard InChI is InChI=1S/C27H38N2O7/c1-7-15(3)19(14-30)29-22(23(31)28-17-9-11-18(34-6)12-10-17)27-13-16(4)26(5,36-27)21(20(27)24(29)32)25(33)35-8-2/h9-12,15-16,19-22,30H,7-8,13-14H2,1-6H3,(H,28,31)/t15-,16?,19-,20-,21+,22?,26-,27?/m0/s1. The molecule has 3 saturated heterocycles. The lowest BCUT2D eigenvalue weighted by Crippen LogP contribution is -2.57. The first kappa shape index (κ1) is 26.4. The van der Waals surface area contributed by atoms with Gasteiger partial charge in [0.05, 0.1) is 37.9 Å². The van der Waals surface area contributed by atoms with Gasteiger partial charge in [0.25, 0.3) is 0 Å². The Kier molecular flexibility index (Phi) is 7.09. The summed E-state index contributed by atoms with van der Waals surface area (Å²) in [6.45, 7) is 9.38. The molecule has 9 nitrogen and oxygen atoms in total. The van der Waals surface area contributed by atoms with Gasteiger partial charge in [0.2, 0.25) is 11.8 Å². The van der Waals surface area contributed by atoms with Gasteiger partial charge in [-0.25, -0.2) is 0 Å². The predicted molar refractivity (Wildman–Crippen MR) is 132 cm³/mol. The van der Waals surface area contributed by atoms with Gasteiger partial charge in [-0.2, -0.15) is 0 Å². The van der Waals surface area contributed by atoms with Gasteiger partial charge < -0.3 is 29.5 Å². The highest BCUT2D eigenvalue weighted by Gasteiger charge is 2.80. The fraction of sp³-hybridized carbons (Fsp3) is 0.667. The number of ether oxygens (including phenoxy) is 3. The number of rotatable bonds is 9. The average Bonchev–Trinajstić information content (AvgIpc) is 3.37. The van der Waals surface area contributed by atoms with Crippen LogP contribution in [0.4, 0.5) is 5.69 Å². The van der Waals surface area contributed by atoms with Crippen molar-refractivity contribution in [1.29, 1.82) is 0 Å². The number of aliphatic hydroxyl groups is 1. The van der Waals surface area contributed by atoms with E-state index in [0.717, 1.165) is 0 Å². The fourth-order valence-electron chi connectivity index (χ4n) is 6.62. The van der Waals surface area contributed by atoms with E-state index in [9.17, 15) is 19.5 Å². The fourth-order valence-corrected chi connectivity index (χ4v) is 6.62. The van der Waals surface area contributed by atoms with Gasteiger partial charge in [0.15, 0.2) is 0 Å². The van der Waals surface area contributed by atoms with Crippen molar-refractivity contribution in [1.82, 2.24) is 4.90 Å². The van der Waals surface area contributed by atoms with Crippen LogP contribution in [0.3, 0.4) is 0 Å². The number of anilines is 1. The number of esters is 1. The van der Waals surface area contributed by atoms with Crippen molar-refractivity contribution in [2.45, 2.75) is 70.7 Å². The van der Waals surface area contributed by atoms with Crippen LogP contribution >= 0.6 is 0 Å². The molecular formula is C27H38N2O7. The van der Waals surface area contributed by atoms with E-state index in [2.05, 4.69) is 5.32 Å². The Hall–Kier alpha value is -2.65. The molecule has 3 fully saturated rings. The summed E-state index contributed by atoms with van der Waals surface area (Å²) in [4.78, 5) is 42.8. The van der Waals surface area contributed by atoms with Crippen LogP contribution in [-0.2, 0) is 23.9 Å². The number of amides is 2. The van der Waals surface area contributed by atoms with Crippen LogP contribution in [0, 0.1) is 23.7 Å². The maximum atomic E-state index is 14.1. The molecule has 0 radical (unpaired) electrons. The molecule has 1 aromatic rings. The van der Waals surface area contributed by atoms with Crippen molar-refractivity contribution in [3.05, 3.63) is 24.3 Å². The lowest BCUT2D eigenvalue weighted by molar-refractivity contribution is -0.162. The molecule has 1 aromatic carbocycles. The summed E-state index contributed by atoms with van der Waals surface area (Å²) >= 11 is 0. The van der Waals surface area contributed by atoms with Crippen LogP contribution in [0.5, 0.6) is 5.75 Å². The Morgan fingerprint density at radius 1 is 1.28 bits per heavy atom. The summed E-state index contributed by atoms with van der Waals surface area (Å²) in [5, 5.41) is 13.3. The predicted octanol–water partition coefficient (Wildman–Crippen LogP) is 2.61. The molecule has 3 unspecified atom stereocenters. The van der Waals surface area contributed by atoms with Gasteiger partial charge in [0, 0.05) is 5.69 Å². The van der Waals surface area contributed by atoms with E-state index in [4.69, 9.17) is 14.2 Å². The third kappa shape index (κ3) is 3.78. The molecule has 9 heteroatoms. The van der Waals surface area contributed by atoms with E-state index in [-0.39, 0.29) is 31.0 Å². The lowest BCUT2D eigenvalue weighted by atomic mass is 9.62. The lowest BCUT2D eigenvalue weighted by Gasteiger charge is -2.39. The maximum Gasteiger partial charge on any atom is 0.312 e. The highest BCUT2D eigenvalue weighted by Crippen LogP contribution is 2.65. The summed E-state index contributed by atoms with van der Waals surface area (Å²) in [6, 6.07) is 5.32. The Labute approximate surface area is 212 Å². The largest absolute Gasteiger partial charge is 0.497 e. The minimum atomic E-state index is -1.19. The zero-order valence-electron chi connectivity index (χ0n) is 21.9. The van der Waals surface area contributed by atoms with Crippen molar-refractivity contribution in [3.63, 3.8) is 0 Å². The number of aliphatic hydroxyl groups excluding tert-OH is 1. The van der Waals surface area contributed by atoms with Crippen LogP contribution in [0.25, 0.3) is 0 Å². The van der Waals surface area contributed by atoms with Gasteiger partial charge in [-0.15, -0.1) is 0 Å². The zero-order chi connectivity index (χ0) is 26.4. The van der Waals surface area contributed by atoms with Crippen molar-refractivity contribution in [2.75, 3.05) is 25.6 Å². The molecule has 2 N–H and O–H groups in total. The van der Waals surface area contributed by atoms with Crippen LogP contribution < -0.4 is 10.1 Å². The number of carbonyl (C=O) groups is 3.